The maximum absolute atomic E-state index is 13.1. The van der Waals surface area contributed by atoms with Crippen molar-refractivity contribution >= 4 is 22.6 Å². The standard InChI is InChI=1S/C11H4ClF5O2/c12-5-1-2-8-6(3-5)7(18)4-9(19-8)10(13,14)11(15,16)17/h1-4H. The first-order valence-electron chi connectivity index (χ1n) is 4.81. The highest BCUT2D eigenvalue weighted by Gasteiger charge is 2.61. The van der Waals surface area contributed by atoms with Gasteiger partial charge in [0, 0.05) is 11.1 Å². The van der Waals surface area contributed by atoms with E-state index in [-0.39, 0.29) is 16.5 Å². The fourth-order valence-corrected chi connectivity index (χ4v) is 1.60. The second-order valence-corrected chi connectivity index (χ2v) is 4.12. The van der Waals surface area contributed by atoms with Crippen molar-refractivity contribution in [1.82, 2.24) is 0 Å². The normalized spacial score (nSPS) is 12.9. The van der Waals surface area contributed by atoms with E-state index in [1.807, 2.05) is 0 Å². The van der Waals surface area contributed by atoms with Crippen LogP contribution >= 0.6 is 11.6 Å². The Labute approximate surface area is 107 Å². The average molecular weight is 299 g/mol. The van der Waals surface area contributed by atoms with Crippen LogP contribution in [-0.2, 0) is 5.92 Å². The number of rotatable bonds is 1. The maximum Gasteiger partial charge on any atom is 0.461 e. The molecule has 0 aliphatic heterocycles. The van der Waals surface area contributed by atoms with Gasteiger partial charge >= 0.3 is 12.1 Å². The van der Waals surface area contributed by atoms with E-state index < -0.39 is 28.9 Å². The summed E-state index contributed by atoms with van der Waals surface area (Å²) >= 11 is 5.58. The van der Waals surface area contributed by atoms with Crippen LogP contribution in [0.15, 0.2) is 33.5 Å². The lowest BCUT2D eigenvalue weighted by molar-refractivity contribution is -0.295. The highest BCUT2D eigenvalue weighted by atomic mass is 35.5. The van der Waals surface area contributed by atoms with Gasteiger partial charge in [0.2, 0.25) is 0 Å². The summed E-state index contributed by atoms with van der Waals surface area (Å²) in [4.78, 5) is 11.5. The third kappa shape index (κ3) is 2.30. The van der Waals surface area contributed by atoms with Gasteiger partial charge in [0.05, 0.1) is 5.39 Å². The lowest BCUT2D eigenvalue weighted by Gasteiger charge is -2.18. The Kier molecular flexibility index (Phi) is 3.04. The second-order valence-electron chi connectivity index (χ2n) is 3.69. The third-order valence-electron chi connectivity index (χ3n) is 2.35. The van der Waals surface area contributed by atoms with E-state index in [0.717, 1.165) is 12.1 Å². The van der Waals surface area contributed by atoms with Crippen molar-refractivity contribution in [3.8, 4) is 0 Å². The van der Waals surface area contributed by atoms with Gasteiger partial charge in [-0.2, -0.15) is 22.0 Å². The smallest absolute Gasteiger partial charge is 0.454 e. The molecule has 1 heterocycles. The second kappa shape index (κ2) is 4.19. The highest BCUT2D eigenvalue weighted by Crippen LogP contribution is 2.43. The molecule has 102 valence electrons. The maximum atomic E-state index is 13.1. The lowest BCUT2D eigenvalue weighted by Crippen LogP contribution is -2.34. The van der Waals surface area contributed by atoms with E-state index in [9.17, 15) is 26.7 Å². The van der Waals surface area contributed by atoms with Crippen molar-refractivity contribution < 1.29 is 26.4 Å². The number of alkyl halides is 5. The van der Waals surface area contributed by atoms with Crippen molar-refractivity contribution in [2.24, 2.45) is 0 Å². The van der Waals surface area contributed by atoms with Gasteiger partial charge in [0.15, 0.2) is 11.2 Å². The van der Waals surface area contributed by atoms with Crippen molar-refractivity contribution in [2.75, 3.05) is 0 Å². The van der Waals surface area contributed by atoms with Crippen molar-refractivity contribution in [3.63, 3.8) is 0 Å². The molecule has 0 saturated heterocycles. The van der Waals surface area contributed by atoms with E-state index in [4.69, 9.17) is 11.6 Å². The minimum atomic E-state index is -5.84. The van der Waals surface area contributed by atoms with Crippen LogP contribution in [-0.4, -0.2) is 6.18 Å². The Morgan fingerprint density at radius 2 is 1.68 bits per heavy atom. The Bertz CT molecular complexity index is 690. The number of hydrogen-bond donors (Lipinski definition) is 0. The van der Waals surface area contributed by atoms with E-state index in [2.05, 4.69) is 4.42 Å². The van der Waals surface area contributed by atoms with Crippen LogP contribution in [0.2, 0.25) is 5.02 Å². The molecule has 0 aliphatic rings. The van der Waals surface area contributed by atoms with Gasteiger partial charge in [0.25, 0.3) is 0 Å². The Balaban J connectivity index is 2.72. The molecule has 1 aromatic heterocycles. The van der Waals surface area contributed by atoms with Crippen molar-refractivity contribution in [3.05, 3.63) is 45.3 Å². The topological polar surface area (TPSA) is 30.2 Å². The first kappa shape index (κ1) is 13.8. The summed E-state index contributed by atoms with van der Waals surface area (Å²) in [7, 11) is 0. The van der Waals surface area contributed by atoms with Gasteiger partial charge in [-0.1, -0.05) is 11.6 Å². The van der Waals surface area contributed by atoms with E-state index in [0.29, 0.717) is 0 Å². The molecule has 0 unspecified atom stereocenters. The molecule has 0 atom stereocenters. The first-order valence-corrected chi connectivity index (χ1v) is 5.19. The van der Waals surface area contributed by atoms with Gasteiger partial charge in [-0.15, -0.1) is 0 Å². The predicted octanol–water partition coefficient (Wildman–Crippen LogP) is 4.10. The van der Waals surface area contributed by atoms with Crippen LogP contribution in [0.25, 0.3) is 11.0 Å². The van der Waals surface area contributed by atoms with Crippen LogP contribution in [0.1, 0.15) is 5.76 Å². The van der Waals surface area contributed by atoms with Crippen LogP contribution in [0.5, 0.6) is 0 Å². The molecular weight excluding hydrogens is 295 g/mol. The lowest BCUT2D eigenvalue weighted by atomic mass is 10.1. The van der Waals surface area contributed by atoms with Gasteiger partial charge in [-0.3, -0.25) is 4.79 Å². The fraction of sp³-hybridized carbons (Fsp3) is 0.182. The summed E-state index contributed by atoms with van der Waals surface area (Å²) in [5, 5.41) is -0.0376. The molecule has 0 amide bonds. The number of fused-ring (bicyclic) bond motifs is 1. The summed E-state index contributed by atoms with van der Waals surface area (Å²) in [5.74, 6) is -6.99. The molecule has 0 bridgehead atoms. The van der Waals surface area contributed by atoms with E-state index in [1.54, 1.807) is 0 Å². The van der Waals surface area contributed by atoms with Gasteiger partial charge < -0.3 is 4.42 Å². The average Bonchev–Trinajstić information content (AvgIpc) is 2.28. The molecule has 2 nitrogen and oxygen atoms in total. The van der Waals surface area contributed by atoms with E-state index in [1.165, 1.54) is 6.07 Å². The summed E-state index contributed by atoms with van der Waals surface area (Å²) in [5.41, 5.74) is -1.42. The third-order valence-corrected chi connectivity index (χ3v) is 2.59. The molecule has 0 aliphatic carbocycles. The number of benzene rings is 1. The highest BCUT2D eigenvalue weighted by molar-refractivity contribution is 6.31. The number of halogens is 6. The van der Waals surface area contributed by atoms with Crippen LogP contribution in [0, 0.1) is 0 Å². The molecule has 0 saturated carbocycles. The quantitative estimate of drug-likeness (QED) is 0.742. The summed E-state index contributed by atoms with van der Waals surface area (Å²) in [6.45, 7) is 0. The monoisotopic (exact) mass is 298 g/mol. The van der Waals surface area contributed by atoms with E-state index >= 15 is 0 Å². The molecule has 19 heavy (non-hydrogen) atoms. The molecule has 8 heteroatoms. The number of hydrogen-bond acceptors (Lipinski definition) is 2. The van der Waals surface area contributed by atoms with Crippen molar-refractivity contribution in [2.45, 2.75) is 12.1 Å². The minimum Gasteiger partial charge on any atom is -0.454 e. The molecule has 2 aromatic rings. The molecule has 1 aromatic carbocycles. The summed E-state index contributed by atoms with van der Waals surface area (Å²) < 4.78 is 67.1. The van der Waals surface area contributed by atoms with Gasteiger partial charge in [0.1, 0.15) is 5.58 Å². The molecule has 0 radical (unpaired) electrons. The van der Waals surface area contributed by atoms with Gasteiger partial charge in [-0.25, -0.2) is 0 Å². The molecule has 0 spiro atoms. The minimum absolute atomic E-state index is 0.117. The zero-order valence-corrected chi connectivity index (χ0v) is 9.65. The van der Waals surface area contributed by atoms with Crippen LogP contribution in [0.4, 0.5) is 22.0 Å². The van der Waals surface area contributed by atoms with Crippen molar-refractivity contribution in [1.29, 1.82) is 0 Å². The molecular formula is C11H4ClF5O2. The molecule has 0 fully saturated rings. The first-order chi connectivity index (χ1) is 8.63. The molecule has 0 N–H and O–H groups in total. The largest absolute Gasteiger partial charge is 0.461 e. The van der Waals surface area contributed by atoms with Crippen LogP contribution < -0.4 is 5.43 Å². The Morgan fingerprint density at radius 3 is 2.26 bits per heavy atom. The Hall–Kier alpha value is -1.63. The SMILES string of the molecule is O=c1cc(C(F)(F)C(F)(F)F)oc2ccc(Cl)cc12. The zero-order valence-electron chi connectivity index (χ0n) is 8.89. The summed E-state index contributed by atoms with van der Waals surface area (Å²) in [6.07, 6.45) is -5.84. The molecule has 2 rings (SSSR count). The Morgan fingerprint density at radius 1 is 1.05 bits per heavy atom. The van der Waals surface area contributed by atoms with Crippen LogP contribution in [0.3, 0.4) is 0 Å². The fourth-order valence-electron chi connectivity index (χ4n) is 1.42. The zero-order chi connectivity index (χ0) is 14.4. The summed E-state index contributed by atoms with van der Waals surface area (Å²) in [6, 6.07) is 3.50. The predicted molar refractivity (Wildman–Crippen MR) is 57.4 cm³/mol. The van der Waals surface area contributed by atoms with Gasteiger partial charge in [-0.05, 0) is 18.2 Å².